The zero-order chi connectivity index (χ0) is 22.3. The van der Waals surface area contributed by atoms with Crippen LogP contribution in [0.5, 0.6) is 5.75 Å². The molecule has 5 heteroatoms. The predicted octanol–water partition coefficient (Wildman–Crippen LogP) is 4.64. The Labute approximate surface area is 190 Å². The minimum absolute atomic E-state index is 0.00593. The second-order valence-corrected chi connectivity index (χ2v) is 8.46. The third kappa shape index (κ3) is 6.11. The van der Waals surface area contributed by atoms with Crippen molar-refractivity contribution in [2.45, 2.75) is 20.4 Å². The molecule has 0 aliphatic carbocycles. The van der Waals surface area contributed by atoms with Gasteiger partial charge in [-0.2, -0.15) is 0 Å². The molecule has 0 aromatic heterocycles. The van der Waals surface area contributed by atoms with Gasteiger partial charge in [0.25, 0.3) is 5.91 Å². The van der Waals surface area contributed by atoms with E-state index in [4.69, 9.17) is 4.74 Å². The molecule has 0 radical (unpaired) electrons. The summed E-state index contributed by atoms with van der Waals surface area (Å²) < 4.78 is 5.65. The Kier molecular flexibility index (Phi) is 7.07. The van der Waals surface area contributed by atoms with E-state index < -0.39 is 0 Å². The second-order valence-electron chi connectivity index (χ2n) is 8.46. The lowest BCUT2D eigenvalue weighted by Gasteiger charge is -2.36. The summed E-state index contributed by atoms with van der Waals surface area (Å²) in [6.45, 7) is 9.13. The van der Waals surface area contributed by atoms with Gasteiger partial charge in [-0.15, -0.1) is 0 Å². The Morgan fingerprint density at radius 1 is 0.875 bits per heavy atom. The van der Waals surface area contributed by atoms with E-state index in [1.54, 1.807) is 0 Å². The number of ether oxygens (including phenoxy) is 1. The molecule has 1 aliphatic heterocycles. The molecule has 0 unspecified atom stereocenters. The van der Waals surface area contributed by atoms with Crippen LogP contribution in [0.3, 0.4) is 0 Å². The fraction of sp³-hybridized carbons (Fsp3) is 0.296. The van der Waals surface area contributed by atoms with Crippen molar-refractivity contribution in [3.63, 3.8) is 0 Å². The van der Waals surface area contributed by atoms with Crippen molar-refractivity contribution in [2.75, 3.05) is 43.0 Å². The Bertz CT molecular complexity index is 1010. The van der Waals surface area contributed by atoms with Crippen LogP contribution in [0.4, 0.5) is 11.4 Å². The standard InChI is InChI=1S/C27H31N3O2/c1-21-16-22(2)18-26(17-21)32-20-27(31)28-24-8-10-25(11-9-24)30-14-12-29(13-15-30)19-23-6-4-3-5-7-23/h3-11,16-18H,12-15,19-20H2,1-2H3,(H,28,31). The minimum Gasteiger partial charge on any atom is -0.484 e. The SMILES string of the molecule is Cc1cc(C)cc(OCC(=O)Nc2ccc(N3CCN(Cc4ccccc4)CC3)cc2)c1. The molecule has 32 heavy (non-hydrogen) atoms. The summed E-state index contributed by atoms with van der Waals surface area (Å²) in [7, 11) is 0. The molecule has 0 atom stereocenters. The average molecular weight is 430 g/mol. The van der Waals surface area contributed by atoms with E-state index in [0.29, 0.717) is 0 Å². The number of benzene rings is 3. The van der Waals surface area contributed by atoms with Crippen LogP contribution in [-0.4, -0.2) is 43.6 Å². The lowest BCUT2D eigenvalue weighted by molar-refractivity contribution is -0.118. The van der Waals surface area contributed by atoms with Crippen LogP contribution >= 0.6 is 0 Å². The highest BCUT2D eigenvalue weighted by molar-refractivity contribution is 5.92. The van der Waals surface area contributed by atoms with Crippen LogP contribution in [0.1, 0.15) is 16.7 Å². The molecular weight excluding hydrogens is 398 g/mol. The fourth-order valence-corrected chi connectivity index (χ4v) is 4.12. The maximum Gasteiger partial charge on any atom is 0.262 e. The summed E-state index contributed by atoms with van der Waals surface area (Å²) in [6.07, 6.45) is 0. The van der Waals surface area contributed by atoms with Crippen molar-refractivity contribution in [2.24, 2.45) is 0 Å². The molecular formula is C27H31N3O2. The van der Waals surface area contributed by atoms with Crippen LogP contribution < -0.4 is 15.0 Å². The minimum atomic E-state index is -0.161. The molecule has 1 N–H and O–H groups in total. The van der Waals surface area contributed by atoms with Crippen LogP contribution in [-0.2, 0) is 11.3 Å². The summed E-state index contributed by atoms with van der Waals surface area (Å²) >= 11 is 0. The largest absolute Gasteiger partial charge is 0.484 e. The van der Waals surface area contributed by atoms with E-state index in [0.717, 1.165) is 55.3 Å². The molecule has 0 spiro atoms. The number of nitrogens with one attached hydrogen (secondary N) is 1. The van der Waals surface area contributed by atoms with E-state index in [1.807, 2.05) is 38.1 Å². The zero-order valence-electron chi connectivity index (χ0n) is 18.9. The number of amides is 1. The summed E-state index contributed by atoms with van der Waals surface area (Å²) in [5.41, 5.74) is 5.58. The van der Waals surface area contributed by atoms with Gasteiger partial charge in [0, 0.05) is 44.1 Å². The molecule has 1 saturated heterocycles. The number of piperazine rings is 1. The summed E-state index contributed by atoms with van der Waals surface area (Å²) in [5.74, 6) is 0.561. The zero-order valence-corrected chi connectivity index (χ0v) is 18.9. The lowest BCUT2D eigenvalue weighted by Crippen LogP contribution is -2.45. The Hall–Kier alpha value is -3.31. The van der Waals surface area contributed by atoms with Gasteiger partial charge in [0.1, 0.15) is 5.75 Å². The average Bonchev–Trinajstić information content (AvgIpc) is 2.79. The highest BCUT2D eigenvalue weighted by Gasteiger charge is 2.17. The maximum absolute atomic E-state index is 12.3. The molecule has 4 rings (SSSR count). The first-order valence-electron chi connectivity index (χ1n) is 11.2. The molecule has 1 heterocycles. The molecule has 1 amide bonds. The number of anilines is 2. The second kappa shape index (κ2) is 10.3. The van der Waals surface area contributed by atoms with Crippen LogP contribution in [0.15, 0.2) is 72.8 Å². The molecule has 5 nitrogen and oxygen atoms in total. The number of carbonyl (C=O) groups is 1. The molecule has 0 saturated carbocycles. The molecule has 1 fully saturated rings. The first-order valence-corrected chi connectivity index (χ1v) is 11.2. The van der Waals surface area contributed by atoms with Crippen molar-refractivity contribution in [1.29, 1.82) is 0 Å². The highest BCUT2D eigenvalue weighted by atomic mass is 16.5. The summed E-state index contributed by atoms with van der Waals surface area (Å²) in [4.78, 5) is 17.2. The number of hydrogen-bond acceptors (Lipinski definition) is 4. The normalized spacial score (nSPS) is 14.2. The van der Waals surface area contributed by atoms with Gasteiger partial charge in [-0.25, -0.2) is 0 Å². The number of aryl methyl sites for hydroxylation is 2. The van der Waals surface area contributed by atoms with Gasteiger partial charge in [-0.3, -0.25) is 9.69 Å². The first-order chi connectivity index (χ1) is 15.5. The molecule has 0 bridgehead atoms. The van der Waals surface area contributed by atoms with Gasteiger partial charge in [-0.05, 0) is 66.9 Å². The van der Waals surface area contributed by atoms with Crippen molar-refractivity contribution in [3.8, 4) is 5.75 Å². The fourth-order valence-electron chi connectivity index (χ4n) is 4.12. The van der Waals surface area contributed by atoms with Gasteiger partial charge in [0.15, 0.2) is 6.61 Å². The van der Waals surface area contributed by atoms with Gasteiger partial charge in [-0.1, -0.05) is 36.4 Å². The van der Waals surface area contributed by atoms with E-state index in [1.165, 1.54) is 11.3 Å². The Morgan fingerprint density at radius 2 is 1.53 bits per heavy atom. The number of rotatable bonds is 7. The third-order valence-corrected chi connectivity index (χ3v) is 5.70. The number of nitrogens with zero attached hydrogens (tertiary/aromatic N) is 2. The van der Waals surface area contributed by atoms with Crippen molar-refractivity contribution < 1.29 is 9.53 Å². The predicted molar refractivity (Wildman–Crippen MR) is 130 cm³/mol. The first kappa shape index (κ1) is 21.9. The Morgan fingerprint density at radius 3 is 2.19 bits per heavy atom. The van der Waals surface area contributed by atoms with Crippen LogP contribution in [0, 0.1) is 13.8 Å². The molecule has 166 valence electrons. The third-order valence-electron chi connectivity index (χ3n) is 5.70. The van der Waals surface area contributed by atoms with E-state index in [-0.39, 0.29) is 12.5 Å². The molecule has 3 aromatic carbocycles. The Balaban J connectivity index is 1.24. The lowest BCUT2D eigenvalue weighted by atomic mass is 10.1. The molecule has 1 aliphatic rings. The number of hydrogen-bond donors (Lipinski definition) is 1. The van der Waals surface area contributed by atoms with Gasteiger partial charge in [0.05, 0.1) is 0 Å². The van der Waals surface area contributed by atoms with Crippen LogP contribution in [0.25, 0.3) is 0 Å². The van der Waals surface area contributed by atoms with E-state index in [2.05, 4.69) is 63.6 Å². The van der Waals surface area contributed by atoms with Crippen LogP contribution in [0.2, 0.25) is 0 Å². The summed E-state index contributed by atoms with van der Waals surface area (Å²) in [6, 6.07) is 24.7. The maximum atomic E-state index is 12.3. The monoisotopic (exact) mass is 429 g/mol. The van der Waals surface area contributed by atoms with Crippen molar-refractivity contribution in [3.05, 3.63) is 89.5 Å². The number of carbonyl (C=O) groups excluding carboxylic acids is 1. The van der Waals surface area contributed by atoms with E-state index >= 15 is 0 Å². The van der Waals surface area contributed by atoms with Gasteiger partial charge in [0.2, 0.25) is 0 Å². The van der Waals surface area contributed by atoms with Crippen molar-refractivity contribution >= 4 is 17.3 Å². The quantitative estimate of drug-likeness (QED) is 0.594. The highest BCUT2D eigenvalue weighted by Crippen LogP contribution is 2.21. The van der Waals surface area contributed by atoms with Crippen molar-refractivity contribution in [1.82, 2.24) is 4.90 Å². The smallest absolute Gasteiger partial charge is 0.262 e. The van der Waals surface area contributed by atoms with E-state index in [9.17, 15) is 4.79 Å². The van der Waals surface area contributed by atoms with Gasteiger partial charge < -0.3 is 15.0 Å². The molecule has 3 aromatic rings. The summed E-state index contributed by atoms with van der Waals surface area (Å²) in [5, 5.41) is 2.92. The van der Waals surface area contributed by atoms with Gasteiger partial charge >= 0.3 is 0 Å². The topological polar surface area (TPSA) is 44.8 Å².